The van der Waals surface area contributed by atoms with E-state index >= 15 is 0 Å². The van der Waals surface area contributed by atoms with Crippen LogP contribution < -0.4 is 5.32 Å². The molecule has 0 aromatic heterocycles. The van der Waals surface area contributed by atoms with Gasteiger partial charge in [0, 0.05) is 6.07 Å². The van der Waals surface area contributed by atoms with E-state index in [1.54, 1.807) is 13.8 Å². The van der Waals surface area contributed by atoms with Gasteiger partial charge in [-0.05, 0) is 18.4 Å². The number of carboxylic acid groups (broad SMARTS) is 1. The van der Waals surface area contributed by atoms with E-state index < -0.39 is 28.5 Å². The number of nitrogens with zero attached hydrogens (tertiary/aromatic N) is 1. The number of nitro groups is 1. The first-order valence-corrected chi connectivity index (χ1v) is 6.58. The van der Waals surface area contributed by atoms with Gasteiger partial charge in [-0.15, -0.1) is 0 Å². The van der Waals surface area contributed by atoms with Crippen molar-refractivity contribution >= 4 is 29.2 Å². The van der Waals surface area contributed by atoms with Crippen molar-refractivity contribution in [2.45, 2.75) is 26.3 Å². The Morgan fingerprint density at radius 3 is 2.52 bits per heavy atom. The molecule has 0 fully saturated rings. The molecule has 1 amide bonds. The zero-order valence-electron chi connectivity index (χ0n) is 11.5. The van der Waals surface area contributed by atoms with E-state index in [1.165, 1.54) is 12.1 Å². The van der Waals surface area contributed by atoms with Crippen LogP contribution in [0.5, 0.6) is 0 Å². The summed E-state index contributed by atoms with van der Waals surface area (Å²) in [5.74, 6) is -2.04. The lowest BCUT2D eigenvalue weighted by Gasteiger charge is -2.16. The Hall–Kier alpha value is -2.15. The lowest BCUT2D eigenvalue weighted by atomic mass is 10.0. The van der Waals surface area contributed by atoms with Gasteiger partial charge in [-0.3, -0.25) is 14.9 Å². The first kappa shape index (κ1) is 16.9. The standard InChI is InChI=1S/C13H15ClN2O5/c1-7(2)6-9(13(18)19)15-12(17)11-8(14)4-3-5-10(11)16(20)21/h3-5,7,9H,6H2,1-2H3,(H,15,17)(H,18,19). The molecule has 0 spiro atoms. The SMILES string of the molecule is CC(C)CC(NC(=O)c1c(Cl)cccc1[N+](=O)[O-])C(=O)O. The molecule has 7 nitrogen and oxygen atoms in total. The fourth-order valence-electron chi connectivity index (χ4n) is 1.81. The topological polar surface area (TPSA) is 110 Å². The van der Waals surface area contributed by atoms with Crippen LogP contribution in [-0.4, -0.2) is 27.9 Å². The third-order valence-electron chi connectivity index (χ3n) is 2.73. The van der Waals surface area contributed by atoms with Gasteiger partial charge in [-0.1, -0.05) is 31.5 Å². The summed E-state index contributed by atoms with van der Waals surface area (Å²) in [5, 5.41) is 22.2. The number of hydrogen-bond donors (Lipinski definition) is 2. The van der Waals surface area contributed by atoms with Crippen molar-refractivity contribution in [3.63, 3.8) is 0 Å². The quantitative estimate of drug-likeness (QED) is 0.619. The summed E-state index contributed by atoms with van der Waals surface area (Å²) in [5.41, 5.74) is -0.798. The van der Waals surface area contributed by atoms with Crippen molar-refractivity contribution in [2.75, 3.05) is 0 Å². The maximum atomic E-state index is 12.1. The molecule has 114 valence electrons. The summed E-state index contributed by atoms with van der Waals surface area (Å²) in [6.07, 6.45) is 0.208. The molecule has 1 aromatic rings. The van der Waals surface area contributed by atoms with E-state index in [4.69, 9.17) is 16.7 Å². The second-order valence-electron chi connectivity index (χ2n) is 4.88. The minimum Gasteiger partial charge on any atom is -0.480 e. The molecule has 0 bridgehead atoms. The van der Waals surface area contributed by atoms with Gasteiger partial charge in [-0.2, -0.15) is 0 Å². The van der Waals surface area contributed by atoms with Gasteiger partial charge in [0.25, 0.3) is 11.6 Å². The third-order valence-corrected chi connectivity index (χ3v) is 3.04. The number of carboxylic acids is 1. The number of hydrogen-bond acceptors (Lipinski definition) is 4. The van der Waals surface area contributed by atoms with Crippen molar-refractivity contribution < 1.29 is 19.6 Å². The van der Waals surface area contributed by atoms with Crippen molar-refractivity contribution in [2.24, 2.45) is 5.92 Å². The molecule has 0 aliphatic heterocycles. The van der Waals surface area contributed by atoms with Gasteiger partial charge in [0.05, 0.1) is 9.95 Å². The Labute approximate surface area is 126 Å². The van der Waals surface area contributed by atoms with Crippen molar-refractivity contribution in [1.82, 2.24) is 5.32 Å². The highest BCUT2D eigenvalue weighted by Gasteiger charge is 2.27. The molecule has 0 heterocycles. The Kier molecular flexibility index (Phi) is 5.66. The number of carbonyl (C=O) groups is 2. The zero-order chi connectivity index (χ0) is 16.2. The Bertz CT molecular complexity index is 574. The van der Waals surface area contributed by atoms with E-state index in [9.17, 15) is 19.7 Å². The van der Waals surface area contributed by atoms with Gasteiger partial charge < -0.3 is 10.4 Å². The fraction of sp³-hybridized carbons (Fsp3) is 0.385. The molecule has 1 aromatic carbocycles. The molecule has 21 heavy (non-hydrogen) atoms. The molecular formula is C13H15ClN2O5. The molecule has 2 N–H and O–H groups in total. The number of aliphatic carboxylic acids is 1. The van der Waals surface area contributed by atoms with E-state index in [0.29, 0.717) is 0 Å². The first-order valence-electron chi connectivity index (χ1n) is 6.20. The van der Waals surface area contributed by atoms with Gasteiger partial charge in [0.2, 0.25) is 0 Å². The monoisotopic (exact) mass is 314 g/mol. The van der Waals surface area contributed by atoms with Crippen LogP contribution >= 0.6 is 11.6 Å². The Morgan fingerprint density at radius 2 is 2.05 bits per heavy atom. The van der Waals surface area contributed by atoms with Gasteiger partial charge >= 0.3 is 5.97 Å². The van der Waals surface area contributed by atoms with Gasteiger partial charge in [0.15, 0.2) is 0 Å². The summed E-state index contributed by atoms with van der Waals surface area (Å²) in [7, 11) is 0. The normalized spacial score (nSPS) is 12.0. The maximum absolute atomic E-state index is 12.1. The maximum Gasteiger partial charge on any atom is 0.326 e. The smallest absolute Gasteiger partial charge is 0.326 e. The average molecular weight is 315 g/mol. The van der Waals surface area contributed by atoms with E-state index in [2.05, 4.69) is 5.32 Å². The van der Waals surface area contributed by atoms with E-state index in [-0.39, 0.29) is 22.9 Å². The molecule has 0 radical (unpaired) electrons. The summed E-state index contributed by atoms with van der Waals surface area (Å²) < 4.78 is 0. The highest BCUT2D eigenvalue weighted by atomic mass is 35.5. The van der Waals surface area contributed by atoms with E-state index in [1.807, 2.05) is 0 Å². The van der Waals surface area contributed by atoms with Crippen LogP contribution in [0.2, 0.25) is 5.02 Å². The van der Waals surface area contributed by atoms with Gasteiger partial charge in [0.1, 0.15) is 11.6 Å². The molecule has 0 aliphatic rings. The molecule has 8 heteroatoms. The van der Waals surface area contributed by atoms with Crippen LogP contribution in [0.3, 0.4) is 0 Å². The number of benzene rings is 1. The predicted molar refractivity (Wildman–Crippen MR) is 76.5 cm³/mol. The second-order valence-corrected chi connectivity index (χ2v) is 5.29. The minimum atomic E-state index is -1.20. The summed E-state index contributed by atoms with van der Waals surface area (Å²) in [4.78, 5) is 33.4. The minimum absolute atomic E-state index is 0.0348. The fourth-order valence-corrected chi connectivity index (χ4v) is 2.07. The molecule has 0 aliphatic carbocycles. The molecule has 0 saturated carbocycles. The van der Waals surface area contributed by atoms with Crippen LogP contribution in [0.4, 0.5) is 5.69 Å². The van der Waals surface area contributed by atoms with Crippen molar-refractivity contribution in [3.8, 4) is 0 Å². The summed E-state index contributed by atoms with van der Waals surface area (Å²) >= 11 is 5.82. The van der Waals surface area contributed by atoms with E-state index in [0.717, 1.165) is 6.07 Å². The lowest BCUT2D eigenvalue weighted by Crippen LogP contribution is -2.41. The summed E-state index contributed by atoms with van der Waals surface area (Å²) in [6.45, 7) is 3.61. The average Bonchev–Trinajstić information content (AvgIpc) is 2.36. The zero-order valence-corrected chi connectivity index (χ0v) is 12.3. The highest BCUT2D eigenvalue weighted by Crippen LogP contribution is 2.26. The third kappa shape index (κ3) is 4.42. The van der Waals surface area contributed by atoms with Crippen LogP contribution in [0.15, 0.2) is 18.2 Å². The van der Waals surface area contributed by atoms with Crippen molar-refractivity contribution in [1.29, 1.82) is 0 Å². The highest BCUT2D eigenvalue weighted by molar-refractivity contribution is 6.34. The van der Waals surface area contributed by atoms with Crippen LogP contribution in [0, 0.1) is 16.0 Å². The molecule has 0 saturated heterocycles. The van der Waals surface area contributed by atoms with Crippen LogP contribution in [-0.2, 0) is 4.79 Å². The van der Waals surface area contributed by atoms with Crippen LogP contribution in [0.1, 0.15) is 30.6 Å². The number of nitro benzene ring substituents is 1. The second kappa shape index (κ2) is 7.03. The number of nitrogens with one attached hydrogen (secondary N) is 1. The Morgan fingerprint density at radius 1 is 1.43 bits per heavy atom. The molecule has 1 unspecified atom stereocenters. The number of halogens is 1. The number of carbonyl (C=O) groups excluding carboxylic acids is 1. The van der Waals surface area contributed by atoms with Crippen LogP contribution in [0.25, 0.3) is 0 Å². The molecular weight excluding hydrogens is 300 g/mol. The molecule has 1 atom stereocenters. The summed E-state index contributed by atoms with van der Waals surface area (Å²) in [6, 6.07) is 2.69. The predicted octanol–water partition coefficient (Wildman–Crippen LogP) is 2.48. The first-order chi connectivity index (χ1) is 9.73. The Balaban J connectivity index is 3.08. The number of rotatable bonds is 6. The lowest BCUT2D eigenvalue weighted by molar-refractivity contribution is -0.385. The van der Waals surface area contributed by atoms with Gasteiger partial charge in [-0.25, -0.2) is 4.79 Å². The van der Waals surface area contributed by atoms with Crippen molar-refractivity contribution in [3.05, 3.63) is 38.9 Å². The largest absolute Gasteiger partial charge is 0.480 e. The number of amides is 1. The molecule has 1 rings (SSSR count).